The van der Waals surface area contributed by atoms with E-state index >= 15 is 0 Å². The van der Waals surface area contributed by atoms with Gasteiger partial charge in [0, 0.05) is 6.42 Å². The Morgan fingerprint density at radius 3 is 2.59 bits per heavy atom. The molecule has 0 atom stereocenters. The van der Waals surface area contributed by atoms with Crippen LogP contribution in [0.25, 0.3) is 0 Å². The van der Waals surface area contributed by atoms with Crippen LogP contribution in [0.2, 0.25) is 0 Å². The van der Waals surface area contributed by atoms with Crippen molar-refractivity contribution < 1.29 is 19.1 Å². The van der Waals surface area contributed by atoms with Crippen LogP contribution >= 0.6 is 0 Å². The van der Waals surface area contributed by atoms with Crippen LogP contribution in [-0.2, 0) is 9.59 Å². The third kappa shape index (κ3) is 8.11. The Morgan fingerprint density at radius 2 is 1.78 bits per heavy atom. The van der Waals surface area contributed by atoms with Crippen LogP contribution in [0.4, 0.5) is 0 Å². The zero-order valence-corrected chi connectivity index (χ0v) is 16.0. The molecule has 1 aromatic carbocycles. The number of carbonyl (C=O) groups excluding carboxylic acids is 2. The van der Waals surface area contributed by atoms with Crippen molar-refractivity contribution in [3.8, 4) is 11.5 Å². The molecule has 1 aromatic rings. The maximum absolute atomic E-state index is 11.7. The lowest BCUT2D eigenvalue weighted by molar-refractivity contribution is -0.126. The molecular formula is C20H29N3O4. The highest BCUT2D eigenvalue weighted by Gasteiger charge is 2.12. The van der Waals surface area contributed by atoms with Crippen molar-refractivity contribution in [2.24, 2.45) is 5.10 Å². The highest BCUT2D eigenvalue weighted by molar-refractivity contribution is 5.86. The van der Waals surface area contributed by atoms with E-state index in [1.165, 1.54) is 38.3 Å². The predicted molar refractivity (Wildman–Crippen MR) is 104 cm³/mol. The van der Waals surface area contributed by atoms with Crippen LogP contribution in [0.5, 0.6) is 11.5 Å². The van der Waals surface area contributed by atoms with Gasteiger partial charge in [0.2, 0.25) is 12.7 Å². The Morgan fingerprint density at radius 1 is 1.04 bits per heavy atom. The average molecular weight is 375 g/mol. The number of unbranched alkanes of at least 4 members (excludes halogenated alkanes) is 6. The van der Waals surface area contributed by atoms with Crippen LogP contribution in [0.3, 0.4) is 0 Å². The molecule has 0 saturated heterocycles. The number of carbonyl (C=O) groups is 2. The first-order valence-electron chi connectivity index (χ1n) is 9.67. The van der Waals surface area contributed by atoms with Crippen molar-refractivity contribution in [3.05, 3.63) is 23.8 Å². The molecule has 0 aromatic heterocycles. The number of benzene rings is 1. The summed E-state index contributed by atoms with van der Waals surface area (Å²) in [6, 6.07) is 5.38. The molecule has 1 heterocycles. The smallest absolute Gasteiger partial charge is 0.259 e. The van der Waals surface area contributed by atoms with Crippen molar-refractivity contribution in [1.29, 1.82) is 0 Å². The Kier molecular flexibility index (Phi) is 9.17. The number of amides is 2. The molecule has 2 rings (SSSR count). The predicted octanol–water partition coefficient (Wildman–Crippen LogP) is 3.12. The lowest BCUT2D eigenvalue weighted by Gasteiger charge is -2.04. The summed E-state index contributed by atoms with van der Waals surface area (Å²) in [5.41, 5.74) is 3.17. The minimum atomic E-state index is -0.361. The highest BCUT2D eigenvalue weighted by atomic mass is 16.7. The van der Waals surface area contributed by atoms with E-state index in [2.05, 4.69) is 22.8 Å². The van der Waals surface area contributed by atoms with E-state index in [9.17, 15) is 9.59 Å². The first kappa shape index (κ1) is 20.7. The second-order valence-corrected chi connectivity index (χ2v) is 6.55. The van der Waals surface area contributed by atoms with Gasteiger partial charge >= 0.3 is 0 Å². The number of ether oxygens (including phenoxy) is 2. The van der Waals surface area contributed by atoms with Crippen molar-refractivity contribution in [1.82, 2.24) is 10.7 Å². The standard InChI is InChI=1S/C20H29N3O4/c1-2-3-4-5-6-7-8-9-19(24)21-14-20(25)23-22-13-16-10-11-17-18(12-16)27-15-26-17/h10-13H,2-9,14-15H2,1H3,(H,21,24)(H,23,25)/b22-13-. The van der Waals surface area contributed by atoms with Gasteiger partial charge in [-0.3, -0.25) is 9.59 Å². The summed E-state index contributed by atoms with van der Waals surface area (Å²) in [6.45, 7) is 2.34. The molecule has 0 aliphatic carbocycles. The van der Waals surface area contributed by atoms with Crippen molar-refractivity contribution in [2.75, 3.05) is 13.3 Å². The van der Waals surface area contributed by atoms with Crippen molar-refractivity contribution in [3.63, 3.8) is 0 Å². The first-order valence-corrected chi connectivity index (χ1v) is 9.67. The number of hydrogen-bond acceptors (Lipinski definition) is 5. The Hall–Kier alpha value is -2.57. The number of rotatable bonds is 12. The van der Waals surface area contributed by atoms with E-state index in [4.69, 9.17) is 9.47 Å². The summed E-state index contributed by atoms with van der Waals surface area (Å²) < 4.78 is 10.5. The zero-order chi connectivity index (χ0) is 19.3. The van der Waals surface area contributed by atoms with E-state index in [1.807, 2.05) is 6.07 Å². The third-order valence-corrected chi connectivity index (χ3v) is 4.25. The maximum atomic E-state index is 11.7. The molecule has 2 amide bonds. The number of nitrogens with zero attached hydrogens (tertiary/aromatic N) is 1. The number of nitrogens with one attached hydrogen (secondary N) is 2. The van der Waals surface area contributed by atoms with Gasteiger partial charge in [-0.15, -0.1) is 0 Å². The van der Waals surface area contributed by atoms with Crippen molar-refractivity contribution in [2.45, 2.75) is 58.3 Å². The average Bonchev–Trinajstić information content (AvgIpc) is 3.13. The van der Waals surface area contributed by atoms with E-state index in [0.29, 0.717) is 17.9 Å². The fourth-order valence-corrected chi connectivity index (χ4v) is 2.72. The SMILES string of the molecule is CCCCCCCCCC(=O)NCC(=O)N/N=C\c1ccc2c(c1)OCO2. The van der Waals surface area contributed by atoms with Gasteiger partial charge in [-0.25, -0.2) is 5.43 Å². The van der Waals surface area contributed by atoms with Gasteiger partial charge in [-0.2, -0.15) is 5.10 Å². The van der Waals surface area contributed by atoms with Crippen LogP contribution in [0.1, 0.15) is 63.9 Å². The molecule has 7 nitrogen and oxygen atoms in total. The van der Waals surface area contributed by atoms with Crippen LogP contribution in [-0.4, -0.2) is 31.4 Å². The zero-order valence-electron chi connectivity index (χ0n) is 16.0. The van der Waals surface area contributed by atoms with Crippen LogP contribution in [0, 0.1) is 0 Å². The van der Waals surface area contributed by atoms with E-state index < -0.39 is 0 Å². The minimum Gasteiger partial charge on any atom is -0.454 e. The van der Waals surface area contributed by atoms with Gasteiger partial charge < -0.3 is 14.8 Å². The van der Waals surface area contributed by atoms with E-state index in [-0.39, 0.29) is 25.2 Å². The van der Waals surface area contributed by atoms with Crippen LogP contribution < -0.4 is 20.2 Å². The summed E-state index contributed by atoms with van der Waals surface area (Å²) >= 11 is 0. The number of hydrazone groups is 1. The van der Waals surface area contributed by atoms with Crippen molar-refractivity contribution >= 4 is 18.0 Å². The van der Waals surface area contributed by atoms with Gasteiger partial charge in [0.1, 0.15) is 0 Å². The Balaban J connectivity index is 1.54. The van der Waals surface area contributed by atoms with E-state index in [1.54, 1.807) is 12.1 Å². The fraction of sp³-hybridized carbons (Fsp3) is 0.550. The van der Waals surface area contributed by atoms with Gasteiger partial charge in [0.25, 0.3) is 5.91 Å². The monoisotopic (exact) mass is 375 g/mol. The Bertz CT molecular complexity index is 646. The van der Waals surface area contributed by atoms with Gasteiger partial charge in [-0.05, 0) is 30.2 Å². The van der Waals surface area contributed by atoms with Crippen LogP contribution in [0.15, 0.2) is 23.3 Å². The topological polar surface area (TPSA) is 89.0 Å². The van der Waals surface area contributed by atoms with Gasteiger partial charge in [0.05, 0.1) is 12.8 Å². The molecule has 0 spiro atoms. The van der Waals surface area contributed by atoms with Gasteiger partial charge in [-0.1, -0.05) is 45.4 Å². The molecule has 1 aliphatic heterocycles. The third-order valence-electron chi connectivity index (χ3n) is 4.25. The summed E-state index contributed by atoms with van der Waals surface area (Å²) in [4.78, 5) is 23.4. The molecule has 0 fully saturated rings. The minimum absolute atomic E-state index is 0.0756. The molecular weight excluding hydrogens is 346 g/mol. The lowest BCUT2D eigenvalue weighted by atomic mass is 10.1. The number of fused-ring (bicyclic) bond motifs is 1. The quantitative estimate of drug-likeness (QED) is 0.334. The summed E-state index contributed by atoms with van der Waals surface area (Å²) in [5, 5.41) is 6.50. The lowest BCUT2D eigenvalue weighted by Crippen LogP contribution is -2.34. The molecule has 0 radical (unpaired) electrons. The molecule has 148 valence electrons. The normalized spacial score (nSPS) is 12.3. The first-order chi connectivity index (χ1) is 13.2. The molecule has 7 heteroatoms. The maximum Gasteiger partial charge on any atom is 0.259 e. The summed E-state index contributed by atoms with van der Waals surface area (Å²) in [5.74, 6) is 0.890. The molecule has 0 unspecified atom stereocenters. The Labute approximate surface area is 160 Å². The summed E-state index contributed by atoms with van der Waals surface area (Å²) in [7, 11) is 0. The molecule has 27 heavy (non-hydrogen) atoms. The molecule has 1 aliphatic rings. The van der Waals surface area contributed by atoms with Gasteiger partial charge in [0.15, 0.2) is 11.5 Å². The molecule has 0 bridgehead atoms. The summed E-state index contributed by atoms with van der Waals surface area (Å²) in [6.07, 6.45) is 10.1. The molecule has 2 N–H and O–H groups in total. The van der Waals surface area contributed by atoms with E-state index in [0.717, 1.165) is 18.4 Å². The molecule has 0 saturated carbocycles. The highest BCUT2D eigenvalue weighted by Crippen LogP contribution is 2.31. The number of hydrogen-bond donors (Lipinski definition) is 2. The second-order valence-electron chi connectivity index (χ2n) is 6.55. The fourth-order valence-electron chi connectivity index (χ4n) is 2.72. The second kappa shape index (κ2) is 11.9. The largest absolute Gasteiger partial charge is 0.454 e.